The molecule has 0 bridgehead atoms. The molecular formula is C9H16N4O3S. The van der Waals surface area contributed by atoms with Gasteiger partial charge in [-0.05, 0) is 0 Å². The summed E-state index contributed by atoms with van der Waals surface area (Å²) in [6.07, 6.45) is 2.50. The molecule has 1 aromatic heterocycles. The highest BCUT2D eigenvalue weighted by molar-refractivity contribution is 7.89. The second-order valence-corrected chi connectivity index (χ2v) is 5.49. The summed E-state index contributed by atoms with van der Waals surface area (Å²) in [5.41, 5.74) is 0. The number of hydrogen-bond donors (Lipinski definition) is 3. The largest absolute Gasteiger partial charge is 0.355 e. The van der Waals surface area contributed by atoms with Gasteiger partial charge in [-0.25, -0.2) is 18.1 Å². The SMILES string of the molecule is CC(C)C(=O)NCCNS(=O)(=O)c1cnc[nH]1. The Labute approximate surface area is 100 Å². The number of H-pyrrole nitrogens is 1. The molecule has 0 aliphatic rings. The lowest BCUT2D eigenvalue weighted by atomic mass is 10.2. The van der Waals surface area contributed by atoms with Gasteiger partial charge in [-0.3, -0.25) is 4.79 Å². The third-order valence-electron chi connectivity index (χ3n) is 2.00. The molecule has 17 heavy (non-hydrogen) atoms. The average Bonchev–Trinajstić information content (AvgIpc) is 2.77. The van der Waals surface area contributed by atoms with Gasteiger partial charge in [0.2, 0.25) is 5.91 Å². The Kier molecular flexibility index (Phi) is 4.64. The molecule has 1 rings (SSSR count). The molecule has 0 saturated carbocycles. The lowest BCUT2D eigenvalue weighted by molar-refractivity contribution is -0.123. The zero-order valence-electron chi connectivity index (χ0n) is 9.73. The number of sulfonamides is 1. The number of imidazole rings is 1. The maximum Gasteiger partial charge on any atom is 0.257 e. The molecule has 0 radical (unpaired) electrons. The number of hydrogen-bond acceptors (Lipinski definition) is 4. The number of carbonyl (C=O) groups excluding carboxylic acids is 1. The number of aromatic nitrogens is 2. The third kappa shape index (κ3) is 4.16. The molecule has 1 amide bonds. The first-order valence-corrected chi connectivity index (χ1v) is 6.67. The van der Waals surface area contributed by atoms with Gasteiger partial charge in [0.25, 0.3) is 10.0 Å². The van der Waals surface area contributed by atoms with Crippen LogP contribution >= 0.6 is 0 Å². The van der Waals surface area contributed by atoms with Crippen LogP contribution in [0.3, 0.4) is 0 Å². The quantitative estimate of drug-likeness (QED) is 0.597. The molecule has 0 aliphatic heterocycles. The van der Waals surface area contributed by atoms with E-state index in [1.54, 1.807) is 13.8 Å². The Morgan fingerprint density at radius 1 is 1.47 bits per heavy atom. The van der Waals surface area contributed by atoms with Crippen molar-refractivity contribution in [3.63, 3.8) is 0 Å². The van der Waals surface area contributed by atoms with Crippen molar-refractivity contribution in [2.75, 3.05) is 13.1 Å². The molecule has 96 valence electrons. The molecule has 0 spiro atoms. The van der Waals surface area contributed by atoms with E-state index in [0.29, 0.717) is 0 Å². The highest BCUT2D eigenvalue weighted by Gasteiger charge is 2.14. The molecule has 8 heteroatoms. The summed E-state index contributed by atoms with van der Waals surface area (Å²) in [7, 11) is -3.55. The molecule has 0 aliphatic carbocycles. The van der Waals surface area contributed by atoms with Crippen LogP contribution in [0.1, 0.15) is 13.8 Å². The molecule has 0 aromatic carbocycles. The van der Waals surface area contributed by atoms with Gasteiger partial charge in [0.1, 0.15) is 0 Å². The molecule has 7 nitrogen and oxygen atoms in total. The van der Waals surface area contributed by atoms with Crippen molar-refractivity contribution >= 4 is 15.9 Å². The van der Waals surface area contributed by atoms with Gasteiger partial charge in [0, 0.05) is 19.0 Å². The predicted octanol–water partition coefficient (Wildman–Crippen LogP) is -0.540. The second kappa shape index (κ2) is 5.78. The molecule has 0 unspecified atom stereocenters. The van der Waals surface area contributed by atoms with Gasteiger partial charge in [-0.1, -0.05) is 13.8 Å². The van der Waals surface area contributed by atoms with E-state index < -0.39 is 10.0 Å². The van der Waals surface area contributed by atoms with Crippen LogP contribution in [0.5, 0.6) is 0 Å². The Hall–Kier alpha value is -1.41. The van der Waals surface area contributed by atoms with E-state index in [2.05, 4.69) is 20.0 Å². The Morgan fingerprint density at radius 3 is 2.71 bits per heavy atom. The lowest BCUT2D eigenvalue weighted by Crippen LogP contribution is -2.36. The fraction of sp³-hybridized carbons (Fsp3) is 0.556. The molecule has 0 atom stereocenters. The smallest absolute Gasteiger partial charge is 0.257 e. The highest BCUT2D eigenvalue weighted by Crippen LogP contribution is 2.00. The fourth-order valence-corrected chi connectivity index (χ4v) is 1.98. The summed E-state index contributed by atoms with van der Waals surface area (Å²) in [5, 5.41) is 2.62. The van der Waals surface area contributed by atoms with E-state index in [4.69, 9.17) is 0 Å². The number of carbonyl (C=O) groups is 1. The van der Waals surface area contributed by atoms with Crippen LogP contribution in [0.25, 0.3) is 0 Å². The van der Waals surface area contributed by atoms with Crippen molar-refractivity contribution in [2.45, 2.75) is 18.9 Å². The first kappa shape index (κ1) is 13.7. The summed E-state index contributed by atoms with van der Waals surface area (Å²) in [4.78, 5) is 17.3. The van der Waals surface area contributed by atoms with Crippen molar-refractivity contribution in [1.82, 2.24) is 20.0 Å². The maximum absolute atomic E-state index is 11.6. The summed E-state index contributed by atoms with van der Waals surface area (Å²) in [5.74, 6) is -0.218. The molecule has 3 N–H and O–H groups in total. The van der Waals surface area contributed by atoms with Gasteiger partial charge in [-0.15, -0.1) is 0 Å². The number of nitrogens with one attached hydrogen (secondary N) is 3. The second-order valence-electron chi connectivity index (χ2n) is 3.76. The van der Waals surface area contributed by atoms with Crippen LogP contribution in [-0.2, 0) is 14.8 Å². The van der Waals surface area contributed by atoms with Crippen molar-refractivity contribution in [3.8, 4) is 0 Å². The summed E-state index contributed by atoms with van der Waals surface area (Å²) < 4.78 is 25.5. The first-order valence-electron chi connectivity index (χ1n) is 5.19. The Balaban J connectivity index is 2.35. The van der Waals surface area contributed by atoms with Crippen LogP contribution in [0, 0.1) is 5.92 Å². The van der Waals surface area contributed by atoms with Gasteiger partial charge in [0.05, 0.1) is 12.5 Å². The number of aromatic amines is 1. The molecule has 1 aromatic rings. The van der Waals surface area contributed by atoms with E-state index in [1.807, 2.05) is 0 Å². The monoisotopic (exact) mass is 260 g/mol. The van der Waals surface area contributed by atoms with Gasteiger partial charge in [-0.2, -0.15) is 0 Å². The molecule has 0 fully saturated rings. The molecule has 1 heterocycles. The first-order chi connectivity index (χ1) is 7.93. The lowest BCUT2D eigenvalue weighted by Gasteiger charge is -2.08. The normalized spacial score (nSPS) is 11.7. The highest BCUT2D eigenvalue weighted by atomic mass is 32.2. The zero-order valence-corrected chi connectivity index (χ0v) is 10.5. The average molecular weight is 260 g/mol. The van der Waals surface area contributed by atoms with Crippen LogP contribution in [-0.4, -0.2) is 37.4 Å². The minimum atomic E-state index is -3.55. The van der Waals surface area contributed by atoms with E-state index in [-0.39, 0.29) is 29.9 Å². The van der Waals surface area contributed by atoms with Crippen molar-refractivity contribution in [2.24, 2.45) is 5.92 Å². The topological polar surface area (TPSA) is 104 Å². The summed E-state index contributed by atoms with van der Waals surface area (Å²) >= 11 is 0. The number of rotatable bonds is 6. The van der Waals surface area contributed by atoms with Crippen molar-refractivity contribution < 1.29 is 13.2 Å². The molecular weight excluding hydrogens is 244 g/mol. The minimum Gasteiger partial charge on any atom is -0.355 e. The summed E-state index contributed by atoms with van der Waals surface area (Å²) in [6.45, 7) is 3.93. The Morgan fingerprint density at radius 2 is 2.18 bits per heavy atom. The van der Waals surface area contributed by atoms with Crippen LogP contribution in [0.4, 0.5) is 0 Å². The number of nitrogens with zero attached hydrogens (tertiary/aromatic N) is 1. The van der Waals surface area contributed by atoms with E-state index >= 15 is 0 Å². The van der Waals surface area contributed by atoms with E-state index in [0.717, 1.165) is 0 Å². The van der Waals surface area contributed by atoms with Crippen molar-refractivity contribution in [1.29, 1.82) is 0 Å². The standard InChI is InChI=1S/C9H16N4O3S/c1-7(2)9(14)11-3-4-13-17(15,16)8-5-10-6-12-8/h5-7,13H,3-4H2,1-2H3,(H,10,12)(H,11,14). The van der Waals surface area contributed by atoms with Gasteiger partial charge < -0.3 is 10.3 Å². The zero-order chi connectivity index (χ0) is 12.9. The minimum absolute atomic E-state index is 0.00712. The number of amides is 1. The van der Waals surface area contributed by atoms with Crippen molar-refractivity contribution in [3.05, 3.63) is 12.5 Å². The molecule has 0 saturated heterocycles. The maximum atomic E-state index is 11.6. The summed E-state index contributed by atoms with van der Waals surface area (Å²) in [6, 6.07) is 0. The third-order valence-corrected chi connectivity index (χ3v) is 3.39. The van der Waals surface area contributed by atoms with Gasteiger partial charge >= 0.3 is 0 Å². The fourth-order valence-electron chi connectivity index (χ4n) is 1.04. The van der Waals surface area contributed by atoms with E-state index in [1.165, 1.54) is 12.5 Å². The van der Waals surface area contributed by atoms with E-state index in [9.17, 15) is 13.2 Å². The van der Waals surface area contributed by atoms with Crippen LogP contribution in [0.15, 0.2) is 17.6 Å². The van der Waals surface area contributed by atoms with Crippen LogP contribution < -0.4 is 10.0 Å². The Bertz CT molecular complexity index is 453. The van der Waals surface area contributed by atoms with Crippen LogP contribution in [0.2, 0.25) is 0 Å². The van der Waals surface area contributed by atoms with Gasteiger partial charge in [0.15, 0.2) is 5.03 Å². The predicted molar refractivity (Wildman–Crippen MR) is 61.6 cm³/mol.